The van der Waals surface area contributed by atoms with Gasteiger partial charge in [0.1, 0.15) is 0 Å². The standard InChI is InChI=1S/C16H24N2O4/c1-9-12(6-15(21)22-5)10(2)16(17-4)11(3)13(9)7-18-8-14(19)20/h17-18H,6-8H2,1-5H3,(H,19,20). The lowest BCUT2D eigenvalue weighted by atomic mass is 9.89. The number of carboxylic acids is 1. The molecule has 0 radical (unpaired) electrons. The van der Waals surface area contributed by atoms with Gasteiger partial charge in [-0.05, 0) is 48.6 Å². The van der Waals surface area contributed by atoms with Gasteiger partial charge in [0.25, 0.3) is 0 Å². The van der Waals surface area contributed by atoms with Crippen LogP contribution in [0.5, 0.6) is 0 Å². The van der Waals surface area contributed by atoms with Crippen molar-refractivity contribution in [2.45, 2.75) is 33.7 Å². The maximum atomic E-state index is 11.6. The molecule has 22 heavy (non-hydrogen) atoms. The van der Waals surface area contributed by atoms with Crippen molar-refractivity contribution in [1.82, 2.24) is 5.32 Å². The lowest BCUT2D eigenvalue weighted by Gasteiger charge is -2.22. The molecule has 0 aliphatic heterocycles. The first-order chi connectivity index (χ1) is 10.3. The number of hydrogen-bond acceptors (Lipinski definition) is 5. The molecule has 0 unspecified atom stereocenters. The highest BCUT2D eigenvalue weighted by atomic mass is 16.5. The highest BCUT2D eigenvalue weighted by Gasteiger charge is 2.18. The van der Waals surface area contributed by atoms with Crippen molar-refractivity contribution in [3.8, 4) is 0 Å². The average molecular weight is 308 g/mol. The first kappa shape index (κ1) is 18.0. The van der Waals surface area contributed by atoms with Crippen LogP contribution in [0.15, 0.2) is 0 Å². The van der Waals surface area contributed by atoms with Gasteiger partial charge in [-0.3, -0.25) is 9.59 Å². The van der Waals surface area contributed by atoms with Gasteiger partial charge in [0.15, 0.2) is 0 Å². The monoisotopic (exact) mass is 308 g/mol. The van der Waals surface area contributed by atoms with Crippen LogP contribution in [0, 0.1) is 20.8 Å². The molecular weight excluding hydrogens is 284 g/mol. The van der Waals surface area contributed by atoms with Gasteiger partial charge < -0.3 is 20.5 Å². The number of anilines is 1. The molecule has 0 saturated carbocycles. The number of hydrogen-bond donors (Lipinski definition) is 3. The zero-order valence-electron chi connectivity index (χ0n) is 13.8. The van der Waals surface area contributed by atoms with E-state index in [1.807, 2.05) is 27.8 Å². The van der Waals surface area contributed by atoms with Crippen LogP contribution in [0.4, 0.5) is 5.69 Å². The number of rotatable bonds is 7. The van der Waals surface area contributed by atoms with Crippen molar-refractivity contribution in [2.75, 3.05) is 26.0 Å². The molecule has 0 fully saturated rings. The molecular formula is C16H24N2O4. The normalized spacial score (nSPS) is 10.4. The van der Waals surface area contributed by atoms with Crippen LogP contribution in [0.1, 0.15) is 27.8 Å². The number of ether oxygens (including phenoxy) is 1. The van der Waals surface area contributed by atoms with Gasteiger partial charge >= 0.3 is 11.9 Å². The van der Waals surface area contributed by atoms with Crippen molar-refractivity contribution in [3.63, 3.8) is 0 Å². The van der Waals surface area contributed by atoms with Gasteiger partial charge in [-0.15, -0.1) is 0 Å². The van der Waals surface area contributed by atoms with Crippen molar-refractivity contribution >= 4 is 17.6 Å². The molecule has 1 aromatic rings. The molecule has 1 aromatic carbocycles. The number of aliphatic carboxylic acids is 1. The van der Waals surface area contributed by atoms with Gasteiger partial charge in [-0.1, -0.05) is 0 Å². The zero-order chi connectivity index (χ0) is 16.9. The fraction of sp³-hybridized carbons (Fsp3) is 0.500. The largest absolute Gasteiger partial charge is 0.480 e. The Morgan fingerprint density at radius 2 is 1.68 bits per heavy atom. The van der Waals surface area contributed by atoms with Crippen LogP contribution in [0.2, 0.25) is 0 Å². The summed E-state index contributed by atoms with van der Waals surface area (Å²) < 4.78 is 4.77. The minimum absolute atomic E-state index is 0.103. The van der Waals surface area contributed by atoms with Crippen LogP contribution in [0.25, 0.3) is 0 Å². The number of methoxy groups -OCH3 is 1. The van der Waals surface area contributed by atoms with Crippen LogP contribution in [-0.2, 0) is 27.3 Å². The fourth-order valence-corrected chi connectivity index (χ4v) is 2.74. The molecule has 122 valence electrons. The van der Waals surface area contributed by atoms with E-state index in [1.54, 1.807) is 0 Å². The zero-order valence-corrected chi connectivity index (χ0v) is 13.8. The molecule has 0 spiro atoms. The molecule has 6 heteroatoms. The van der Waals surface area contributed by atoms with Crippen molar-refractivity contribution in [1.29, 1.82) is 0 Å². The highest BCUT2D eigenvalue weighted by molar-refractivity contribution is 5.76. The maximum absolute atomic E-state index is 11.6. The molecule has 0 saturated heterocycles. The first-order valence-electron chi connectivity index (χ1n) is 7.12. The molecule has 0 aliphatic rings. The van der Waals surface area contributed by atoms with Crippen LogP contribution in [-0.4, -0.2) is 37.7 Å². The summed E-state index contributed by atoms with van der Waals surface area (Å²) in [5, 5.41) is 14.8. The van der Waals surface area contributed by atoms with Crippen molar-refractivity contribution in [3.05, 3.63) is 27.8 Å². The van der Waals surface area contributed by atoms with E-state index in [0.717, 1.165) is 33.5 Å². The SMILES string of the molecule is CNc1c(C)c(CNCC(=O)O)c(C)c(CC(=O)OC)c1C. The Bertz CT molecular complexity index is 582. The van der Waals surface area contributed by atoms with E-state index in [4.69, 9.17) is 9.84 Å². The van der Waals surface area contributed by atoms with Crippen molar-refractivity contribution < 1.29 is 19.4 Å². The van der Waals surface area contributed by atoms with E-state index < -0.39 is 5.97 Å². The second-order valence-electron chi connectivity index (χ2n) is 5.21. The van der Waals surface area contributed by atoms with E-state index in [-0.39, 0.29) is 18.9 Å². The van der Waals surface area contributed by atoms with Crippen LogP contribution < -0.4 is 10.6 Å². The third kappa shape index (κ3) is 3.98. The average Bonchev–Trinajstić information content (AvgIpc) is 2.47. The molecule has 3 N–H and O–H groups in total. The maximum Gasteiger partial charge on any atom is 0.317 e. The second-order valence-corrected chi connectivity index (χ2v) is 5.21. The van der Waals surface area contributed by atoms with Gasteiger partial charge in [-0.2, -0.15) is 0 Å². The van der Waals surface area contributed by atoms with E-state index >= 15 is 0 Å². The third-order valence-electron chi connectivity index (χ3n) is 3.94. The number of nitrogens with one attached hydrogen (secondary N) is 2. The Morgan fingerprint density at radius 1 is 1.09 bits per heavy atom. The Balaban J connectivity index is 3.27. The molecule has 1 rings (SSSR count). The van der Waals surface area contributed by atoms with Gasteiger partial charge in [0.05, 0.1) is 20.1 Å². The van der Waals surface area contributed by atoms with E-state index in [2.05, 4.69) is 10.6 Å². The Hall–Kier alpha value is -2.08. The molecule has 6 nitrogen and oxygen atoms in total. The molecule has 0 aliphatic carbocycles. The van der Waals surface area contributed by atoms with Gasteiger partial charge in [0.2, 0.25) is 0 Å². The lowest BCUT2D eigenvalue weighted by molar-refractivity contribution is -0.140. The minimum Gasteiger partial charge on any atom is -0.480 e. The van der Waals surface area contributed by atoms with Crippen molar-refractivity contribution in [2.24, 2.45) is 0 Å². The van der Waals surface area contributed by atoms with E-state index in [9.17, 15) is 9.59 Å². The Morgan fingerprint density at radius 3 is 2.18 bits per heavy atom. The summed E-state index contributed by atoms with van der Waals surface area (Å²) in [7, 11) is 3.20. The summed E-state index contributed by atoms with van der Waals surface area (Å²) in [6.45, 7) is 6.25. The molecule has 0 aromatic heterocycles. The third-order valence-corrected chi connectivity index (χ3v) is 3.94. The quantitative estimate of drug-likeness (QED) is 0.662. The Kier molecular flexibility index (Phi) is 6.37. The molecule has 0 heterocycles. The number of benzene rings is 1. The fourth-order valence-electron chi connectivity index (χ4n) is 2.74. The summed E-state index contributed by atoms with van der Waals surface area (Å²) >= 11 is 0. The van der Waals surface area contributed by atoms with Gasteiger partial charge in [-0.25, -0.2) is 0 Å². The van der Waals surface area contributed by atoms with E-state index in [1.165, 1.54) is 7.11 Å². The second kappa shape index (κ2) is 7.79. The smallest absolute Gasteiger partial charge is 0.317 e. The number of esters is 1. The number of carbonyl (C=O) groups excluding carboxylic acids is 1. The first-order valence-corrected chi connectivity index (χ1v) is 7.12. The van der Waals surface area contributed by atoms with Crippen LogP contribution >= 0.6 is 0 Å². The summed E-state index contributed by atoms with van der Waals surface area (Å²) in [6.07, 6.45) is 0.203. The topological polar surface area (TPSA) is 87.7 Å². The summed E-state index contributed by atoms with van der Waals surface area (Å²) in [5.41, 5.74) is 5.98. The van der Waals surface area contributed by atoms with Gasteiger partial charge in [0, 0.05) is 19.3 Å². The summed E-state index contributed by atoms with van der Waals surface area (Å²) in [6, 6.07) is 0. The summed E-state index contributed by atoms with van der Waals surface area (Å²) in [4.78, 5) is 22.3. The predicted molar refractivity (Wildman–Crippen MR) is 85.3 cm³/mol. The van der Waals surface area contributed by atoms with Crippen LogP contribution in [0.3, 0.4) is 0 Å². The molecule has 0 atom stereocenters. The summed E-state index contributed by atoms with van der Waals surface area (Å²) in [5.74, 6) is -1.19. The number of carbonyl (C=O) groups is 2. The predicted octanol–water partition coefficient (Wildman–Crippen LogP) is 1.54. The highest BCUT2D eigenvalue weighted by Crippen LogP contribution is 2.31. The Labute approximate surface area is 130 Å². The minimum atomic E-state index is -0.897. The lowest BCUT2D eigenvalue weighted by Crippen LogP contribution is -2.23. The molecule has 0 amide bonds. The molecule has 0 bridgehead atoms. The van der Waals surface area contributed by atoms with E-state index in [0.29, 0.717) is 6.54 Å². The number of carboxylic acid groups (broad SMARTS) is 1.